The summed E-state index contributed by atoms with van der Waals surface area (Å²) in [5.74, 6) is 1.89. The highest BCUT2D eigenvalue weighted by molar-refractivity contribution is 5.28. The highest BCUT2D eigenvalue weighted by atomic mass is 16.5. The Kier molecular flexibility index (Phi) is 4.52. The van der Waals surface area contributed by atoms with Crippen molar-refractivity contribution in [2.75, 3.05) is 0 Å². The van der Waals surface area contributed by atoms with Gasteiger partial charge in [-0.05, 0) is 24.1 Å². The molecule has 5 heteroatoms. The Morgan fingerprint density at radius 1 is 1.16 bits per heavy atom. The Morgan fingerprint density at radius 2 is 1.84 bits per heavy atom. The first kappa shape index (κ1) is 13.5. The monoisotopic (exact) mass is 261 g/mol. The third kappa shape index (κ3) is 3.54. The first-order valence-corrected chi connectivity index (χ1v) is 6.52. The van der Waals surface area contributed by atoms with E-state index in [1.807, 2.05) is 31.2 Å². The maximum atomic E-state index is 5.95. The number of rotatable bonds is 6. The Balaban J connectivity index is 1.92. The lowest BCUT2D eigenvalue weighted by Gasteiger charge is -2.10. The van der Waals surface area contributed by atoms with Gasteiger partial charge in [0.1, 0.15) is 5.75 Å². The molecule has 0 aliphatic carbocycles. The van der Waals surface area contributed by atoms with Gasteiger partial charge in [-0.3, -0.25) is 0 Å². The van der Waals surface area contributed by atoms with Gasteiger partial charge in [0.25, 0.3) is 5.89 Å². The third-order valence-corrected chi connectivity index (χ3v) is 2.92. The van der Waals surface area contributed by atoms with Gasteiger partial charge in [0, 0.05) is 12.5 Å². The molecule has 102 valence electrons. The summed E-state index contributed by atoms with van der Waals surface area (Å²) < 4.78 is 10.9. The number of benzene rings is 1. The van der Waals surface area contributed by atoms with Crippen LogP contribution in [0.1, 0.15) is 43.7 Å². The van der Waals surface area contributed by atoms with Crippen LogP contribution in [0.2, 0.25) is 0 Å². The Labute approximate surface area is 112 Å². The molecule has 1 atom stereocenters. The lowest BCUT2D eigenvalue weighted by Crippen LogP contribution is -2.08. The molecule has 0 radical (unpaired) electrons. The van der Waals surface area contributed by atoms with Crippen LogP contribution >= 0.6 is 0 Å². The molecule has 1 heterocycles. The average molecular weight is 261 g/mol. The number of hydrogen-bond acceptors (Lipinski definition) is 5. The summed E-state index contributed by atoms with van der Waals surface area (Å²) in [5.41, 5.74) is 7.07. The highest BCUT2D eigenvalue weighted by Gasteiger charge is 2.06. The summed E-state index contributed by atoms with van der Waals surface area (Å²) in [5, 5.41) is 7.78. The molecule has 0 saturated heterocycles. The zero-order valence-electron chi connectivity index (χ0n) is 11.3. The highest BCUT2D eigenvalue weighted by Crippen LogP contribution is 2.19. The van der Waals surface area contributed by atoms with Crippen LogP contribution in [-0.2, 0) is 13.0 Å². The van der Waals surface area contributed by atoms with Crippen LogP contribution in [0.3, 0.4) is 0 Å². The van der Waals surface area contributed by atoms with Crippen molar-refractivity contribution >= 4 is 0 Å². The first-order valence-electron chi connectivity index (χ1n) is 6.52. The number of nitrogens with zero attached hydrogens (tertiary/aromatic N) is 2. The van der Waals surface area contributed by atoms with Gasteiger partial charge in [0.05, 0.1) is 0 Å². The molecule has 2 N–H and O–H groups in total. The fourth-order valence-corrected chi connectivity index (χ4v) is 1.68. The Hall–Kier alpha value is -1.88. The van der Waals surface area contributed by atoms with E-state index >= 15 is 0 Å². The van der Waals surface area contributed by atoms with Crippen molar-refractivity contribution in [2.45, 2.75) is 39.3 Å². The number of aromatic nitrogens is 2. The predicted octanol–water partition coefficient (Wildman–Crippen LogP) is 2.62. The summed E-state index contributed by atoms with van der Waals surface area (Å²) >= 11 is 0. The molecule has 0 aliphatic heterocycles. The van der Waals surface area contributed by atoms with Crippen molar-refractivity contribution in [1.29, 1.82) is 0 Å². The van der Waals surface area contributed by atoms with E-state index in [1.165, 1.54) is 0 Å². The molecule has 2 rings (SSSR count). The largest absolute Gasteiger partial charge is 0.484 e. The number of aryl methyl sites for hydroxylation is 1. The maximum absolute atomic E-state index is 5.95. The zero-order valence-corrected chi connectivity index (χ0v) is 11.3. The van der Waals surface area contributed by atoms with Gasteiger partial charge in [0.2, 0.25) is 5.89 Å². The minimum atomic E-state index is 0.0807. The van der Waals surface area contributed by atoms with E-state index in [9.17, 15) is 0 Å². The SMILES string of the molecule is CCc1nnc(COc2ccc([C@H](N)CC)cc2)o1. The molecule has 0 unspecified atom stereocenters. The second-order valence-electron chi connectivity index (χ2n) is 4.32. The summed E-state index contributed by atoms with van der Waals surface area (Å²) in [4.78, 5) is 0. The van der Waals surface area contributed by atoms with E-state index < -0.39 is 0 Å². The van der Waals surface area contributed by atoms with Crippen molar-refractivity contribution in [2.24, 2.45) is 5.73 Å². The van der Waals surface area contributed by atoms with Gasteiger partial charge in [0.15, 0.2) is 6.61 Å². The molecule has 0 fully saturated rings. The van der Waals surface area contributed by atoms with Gasteiger partial charge < -0.3 is 14.9 Å². The van der Waals surface area contributed by atoms with Crippen LogP contribution in [0, 0.1) is 0 Å². The van der Waals surface area contributed by atoms with Crippen molar-refractivity contribution < 1.29 is 9.15 Å². The molecule has 0 amide bonds. The standard InChI is InChI=1S/C14H19N3O2/c1-3-12(15)10-5-7-11(8-6-10)18-9-14-17-16-13(4-2)19-14/h5-8,12H,3-4,9,15H2,1-2H3/t12-/m1/s1. The topological polar surface area (TPSA) is 74.2 Å². The van der Waals surface area contributed by atoms with Crippen LogP contribution in [0.25, 0.3) is 0 Å². The molecular weight excluding hydrogens is 242 g/mol. The molecule has 19 heavy (non-hydrogen) atoms. The fourth-order valence-electron chi connectivity index (χ4n) is 1.68. The van der Waals surface area contributed by atoms with E-state index in [1.54, 1.807) is 0 Å². The Morgan fingerprint density at radius 3 is 2.42 bits per heavy atom. The van der Waals surface area contributed by atoms with Gasteiger partial charge in [-0.25, -0.2) is 0 Å². The van der Waals surface area contributed by atoms with Crippen molar-refractivity contribution in [1.82, 2.24) is 10.2 Å². The second kappa shape index (κ2) is 6.33. The normalized spacial score (nSPS) is 12.4. The average Bonchev–Trinajstić information content (AvgIpc) is 2.93. The molecule has 0 saturated carbocycles. The van der Waals surface area contributed by atoms with Crippen molar-refractivity contribution in [3.63, 3.8) is 0 Å². The van der Waals surface area contributed by atoms with Gasteiger partial charge >= 0.3 is 0 Å². The zero-order chi connectivity index (χ0) is 13.7. The summed E-state index contributed by atoms with van der Waals surface area (Å²) in [7, 11) is 0. The van der Waals surface area contributed by atoms with Crippen LogP contribution in [0.4, 0.5) is 0 Å². The lowest BCUT2D eigenvalue weighted by molar-refractivity contribution is 0.259. The molecule has 5 nitrogen and oxygen atoms in total. The number of hydrogen-bond donors (Lipinski definition) is 1. The van der Waals surface area contributed by atoms with Crippen molar-refractivity contribution in [3.8, 4) is 5.75 Å². The molecule has 1 aromatic heterocycles. The number of ether oxygens (including phenoxy) is 1. The Bertz CT molecular complexity index is 508. The molecule has 0 spiro atoms. The minimum Gasteiger partial charge on any atom is -0.484 e. The summed E-state index contributed by atoms with van der Waals surface area (Å²) in [6.07, 6.45) is 1.65. The second-order valence-corrected chi connectivity index (χ2v) is 4.32. The van der Waals surface area contributed by atoms with E-state index in [4.69, 9.17) is 14.9 Å². The quantitative estimate of drug-likeness (QED) is 0.865. The molecule has 0 aliphatic rings. The predicted molar refractivity (Wildman–Crippen MR) is 71.7 cm³/mol. The van der Waals surface area contributed by atoms with E-state index in [2.05, 4.69) is 17.1 Å². The van der Waals surface area contributed by atoms with Crippen LogP contribution in [-0.4, -0.2) is 10.2 Å². The summed E-state index contributed by atoms with van der Waals surface area (Å²) in [6, 6.07) is 7.85. The van der Waals surface area contributed by atoms with Crippen molar-refractivity contribution in [3.05, 3.63) is 41.6 Å². The fraction of sp³-hybridized carbons (Fsp3) is 0.429. The van der Waals surface area contributed by atoms with E-state index in [0.717, 1.165) is 24.2 Å². The smallest absolute Gasteiger partial charge is 0.253 e. The number of nitrogens with two attached hydrogens (primary N) is 1. The van der Waals surface area contributed by atoms with Gasteiger partial charge in [-0.2, -0.15) is 0 Å². The first-order chi connectivity index (χ1) is 9.22. The molecule has 2 aromatic rings. The molecular formula is C14H19N3O2. The maximum Gasteiger partial charge on any atom is 0.253 e. The summed E-state index contributed by atoms with van der Waals surface area (Å²) in [6.45, 7) is 4.32. The molecule has 0 bridgehead atoms. The van der Waals surface area contributed by atoms with Crippen LogP contribution < -0.4 is 10.5 Å². The van der Waals surface area contributed by atoms with Crippen LogP contribution in [0.15, 0.2) is 28.7 Å². The van der Waals surface area contributed by atoms with Crippen LogP contribution in [0.5, 0.6) is 5.75 Å². The molecule has 1 aromatic carbocycles. The van der Waals surface area contributed by atoms with E-state index in [0.29, 0.717) is 11.8 Å². The van der Waals surface area contributed by atoms with E-state index in [-0.39, 0.29) is 12.6 Å². The minimum absolute atomic E-state index is 0.0807. The lowest BCUT2D eigenvalue weighted by atomic mass is 10.1. The van der Waals surface area contributed by atoms with Gasteiger partial charge in [-0.1, -0.05) is 26.0 Å². The third-order valence-electron chi connectivity index (χ3n) is 2.92. The van der Waals surface area contributed by atoms with Gasteiger partial charge in [-0.15, -0.1) is 10.2 Å².